The smallest absolute Gasteiger partial charge is 0.306 e. The molecular formula is C59H102O5. The van der Waals surface area contributed by atoms with Crippen molar-refractivity contribution < 1.29 is 23.8 Å². The average Bonchev–Trinajstić information content (AvgIpc) is 3.30. The third-order valence-electron chi connectivity index (χ3n) is 11.5. The van der Waals surface area contributed by atoms with Crippen LogP contribution in [-0.4, -0.2) is 37.9 Å². The molecule has 0 heterocycles. The number of hydrogen-bond acceptors (Lipinski definition) is 5. The largest absolute Gasteiger partial charge is 0.463 e. The molecule has 368 valence electrons. The Morgan fingerprint density at radius 3 is 1.11 bits per heavy atom. The first-order valence-electron chi connectivity index (χ1n) is 27.1. The number of carbonyl (C=O) groups excluding carboxylic acids is 2. The van der Waals surface area contributed by atoms with Crippen molar-refractivity contribution in [3.05, 3.63) is 85.1 Å². The number of esters is 2. The van der Waals surface area contributed by atoms with Crippen molar-refractivity contribution in [1.82, 2.24) is 0 Å². The van der Waals surface area contributed by atoms with Crippen molar-refractivity contribution in [3.63, 3.8) is 0 Å². The van der Waals surface area contributed by atoms with Crippen LogP contribution >= 0.6 is 0 Å². The number of rotatable bonds is 49. The van der Waals surface area contributed by atoms with Crippen LogP contribution in [0, 0.1) is 0 Å². The second-order valence-corrected chi connectivity index (χ2v) is 17.7. The van der Waals surface area contributed by atoms with Gasteiger partial charge in [-0.05, 0) is 83.5 Å². The fourth-order valence-electron chi connectivity index (χ4n) is 7.39. The average molecular weight is 891 g/mol. The van der Waals surface area contributed by atoms with Crippen molar-refractivity contribution in [1.29, 1.82) is 0 Å². The number of ether oxygens (including phenoxy) is 3. The Labute approximate surface area is 397 Å². The zero-order valence-corrected chi connectivity index (χ0v) is 42.3. The standard InChI is InChI=1S/C59H102O5/c1-4-7-10-13-16-19-22-25-27-29-30-31-32-35-38-41-44-47-50-53-59(61)64-56-57(55-63-58(60)52-49-46-43-40-37-34-24-21-18-15-12-9-6-3)62-54-51-48-45-42-39-36-33-28-26-23-20-17-14-11-8-5-2/h7,10,16,19,21,24-25,27,30-31,35,38,44,47,57H,4-6,8-9,11-15,17-18,20,22-23,26,28-29,32-34,36-37,39-43,45-46,48-56H2,1-3H3/b10-7-,19-16-,24-21-,27-25-,31-30-,38-35-,47-44-/t57-/m0/s1. The molecule has 0 N–H and O–H groups in total. The third-order valence-corrected chi connectivity index (χ3v) is 11.5. The van der Waals surface area contributed by atoms with Crippen LogP contribution in [0.25, 0.3) is 0 Å². The minimum absolute atomic E-state index is 0.113. The number of hydrogen-bond donors (Lipinski definition) is 0. The van der Waals surface area contributed by atoms with E-state index in [-0.39, 0.29) is 25.2 Å². The highest BCUT2D eigenvalue weighted by molar-refractivity contribution is 5.70. The van der Waals surface area contributed by atoms with E-state index in [2.05, 4.69) is 99.8 Å². The fourth-order valence-corrected chi connectivity index (χ4v) is 7.39. The summed E-state index contributed by atoms with van der Waals surface area (Å²) in [4.78, 5) is 25.2. The quantitative estimate of drug-likeness (QED) is 0.0346. The Morgan fingerprint density at radius 2 is 0.672 bits per heavy atom. The van der Waals surface area contributed by atoms with Crippen molar-refractivity contribution in [3.8, 4) is 0 Å². The first-order chi connectivity index (χ1) is 31.6. The van der Waals surface area contributed by atoms with Gasteiger partial charge in [0.1, 0.15) is 19.3 Å². The molecule has 0 spiro atoms. The fraction of sp³-hybridized carbons (Fsp3) is 0.729. The van der Waals surface area contributed by atoms with E-state index < -0.39 is 6.10 Å². The second kappa shape index (κ2) is 54.4. The highest BCUT2D eigenvalue weighted by atomic mass is 16.6. The van der Waals surface area contributed by atoms with Crippen LogP contribution in [0.5, 0.6) is 0 Å². The van der Waals surface area contributed by atoms with E-state index in [0.717, 1.165) is 77.0 Å². The molecule has 0 fully saturated rings. The lowest BCUT2D eigenvalue weighted by atomic mass is 10.0. The predicted octanol–water partition coefficient (Wildman–Crippen LogP) is 18.5. The molecule has 0 aromatic rings. The molecule has 0 unspecified atom stereocenters. The monoisotopic (exact) mass is 891 g/mol. The SMILES string of the molecule is CC/C=C\C/C=C\C/C=C\C/C=C\C/C=C\C/C=C\CCC(=O)OC[C@H](COC(=O)CCCCCCC/C=C\CCCCCC)OCCCCCCCCCCCCCCCCCC. The molecule has 0 saturated heterocycles. The van der Waals surface area contributed by atoms with Crippen LogP contribution in [0.2, 0.25) is 0 Å². The van der Waals surface area contributed by atoms with Crippen molar-refractivity contribution in [2.75, 3.05) is 19.8 Å². The molecule has 0 rings (SSSR count). The summed E-state index contributed by atoms with van der Waals surface area (Å²) in [6.07, 6.45) is 72.0. The summed E-state index contributed by atoms with van der Waals surface area (Å²) >= 11 is 0. The summed E-state index contributed by atoms with van der Waals surface area (Å²) in [6, 6.07) is 0. The molecule has 0 aliphatic heterocycles. The maximum absolute atomic E-state index is 12.6. The van der Waals surface area contributed by atoms with Crippen LogP contribution in [0.1, 0.15) is 252 Å². The zero-order valence-electron chi connectivity index (χ0n) is 42.3. The molecule has 5 nitrogen and oxygen atoms in total. The molecule has 5 heteroatoms. The molecule has 0 aromatic carbocycles. The van der Waals surface area contributed by atoms with Gasteiger partial charge in [0.25, 0.3) is 0 Å². The van der Waals surface area contributed by atoms with Gasteiger partial charge in [0, 0.05) is 19.4 Å². The van der Waals surface area contributed by atoms with E-state index in [0.29, 0.717) is 25.9 Å². The van der Waals surface area contributed by atoms with E-state index >= 15 is 0 Å². The molecule has 0 aromatic heterocycles. The minimum Gasteiger partial charge on any atom is -0.463 e. The summed E-state index contributed by atoms with van der Waals surface area (Å²) in [6.45, 7) is 7.53. The minimum atomic E-state index is -0.435. The number of allylic oxidation sites excluding steroid dienone is 14. The van der Waals surface area contributed by atoms with Gasteiger partial charge in [-0.15, -0.1) is 0 Å². The number of carbonyl (C=O) groups is 2. The normalized spacial score (nSPS) is 12.9. The van der Waals surface area contributed by atoms with Gasteiger partial charge in [0.05, 0.1) is 0 Å². The maximum Gasteiger partial charge on any atom is 0.306 e. The lowest BCUT2D eigenvalue weighted by Gasteiger charge is -2.18. The Hall–Kier alpha value is -2.92. The summed E-state index contributed by atoms with van der Waals surface area (Å²) in [5, 5.41) is 0. The molecule has 0 aliphatic rings. The van der Waals surface area contributed by atoms with Crippen LogP contribution in [-0.2, 0) is 23.8 Å². The first-order valence-corrected chi connectivity index (χ1v) is 27.1. The van der Waals surface area contributed by atoms with E-state index in [1.54, 1.807) is 0 Å². The molecule has 1 atom stereocenters. The zero-order chi connectivity index (χ0) is 46.3. The van der Waals surface area contributed by atoms with Gasteiger partial charge < -0.3 is 14.2 Å². The van der Waals surface area contributed by atoms with Crippen molar-refractivity contribution in [2.24, 2.45) is 0 Å². The van der Waals surface area contributed by atoms with Crippen LogP contribution in [0.4, 0.5) is 0 Å². The highest BCUT2D eigenvalue weighted by Crippen LogP contribution is 2.15. The van der Waals surface area contributed by atoms with Gasteiger partial charge in [-0.1, -0.05) is 241 Å². The molecule has 0 radical (unpaired) electrons. The summed E-state index contributed by atoms with van der Waals surface area (Å²) < 4.78 is 17.4. The summed E-state index contributed by atoms with van der Waals surface area (Å²) in [5.41, 5.74) is 0. The first kappa shape index (κ1) is 61.1. The Morgan fingerprint density at radius 1 is 0.344 bits per heavy atom. The second-order valence-electron chi connectivity index (χ2n) is 17.7. The van der Waals surface area contributed by atoms with E-state index in [1.165, 1.54) is 135 Å². The summed E-state index contributed by atoms with van der Waals surface area (Å²) in [7, 11) is 0. The van der Waals surface area contributed by atoms with Gasteiger partial charge in [0.15, 0.2) is 0 Å². The molecule has 0 aliphatic carbocycles. The number of unbranched alkanes of at least 4 members (excludes halogenated alkanes) is 24. The van der Waals surface area contributed by atoms with Crippen LogP contribution < -0.4 is 0 Å². The molecule has 0 bridgehead atoms. The highest BCUT2D eigenvalue weighted by Gasteiger charge is 2.16. The Balaban J connectivity index is 4.38. The van der Waals surface area contributed by atoms with Crippen molar-refractivity contribution in [2.45, 2.75) is 258 Å². The van der Waals surface area contributed by atoms with Crippen LogP contribution in [0.15, 0.2) is 85.1 Å². The van der Waals surface area contributed by atoms with Gasteiger partial charge in [-0.3, -0.25) is 9.59 Å². The lowest BCUT2D eigenvalue weighted by Crippen LogP contribution is -2.29. The van der Waals surface area contributed by atoms with Gasteiger partial charge >= 0.3 is 11.9 Å². The Kier molecular flexibility index (Phi) is 51.9. The van der Waals surface area contributed by atoms with Crippen molar-refractivity contribution >= 4 is 11.9 Å². The van der Waals surface area contributed by atoms with E-state index in [9.17, 15) is 9.59 Å². The van der Waals surface area contributed by atoms with Gasteiger partial charge in [-0.2, -0.15) is 0 Å². The topological polar surface area (TPSA) is 61.8 Å². The third kappa shape index (κ3) is 51.7. The van der Waals surface area contributed by atoms with Gasteiger partial charge in [0.2, 0.25) is 0 Å². The lowest BCUT2D eigenvalue weighted by molar-refractivity contribution is -0.155. The predicted molar refractivity (Wildman–Crippen MR) is 279 cm³/mol. The maximum atomic E-state index is 12.6. The molecular weight excluding hydrogens is 789 g/mol. The van der Waals surface area contributed by atoms with E-state index in [4.69, 9.17) is 14.2 Å². The van der Waals surface area contributed by atoms with Gasteiger partial charge in [-0.25, -0.2) is 0 Å². The molecule has 0 saturated carbocycles. The summed E-state index contributed by atoms with van der Waals surface area (Å²) in [5.74, 6) is -0.435. The molecule has 64 heavy (non-hydrogen) atoms. The molecule has 0 amide bonds. The van der Waals surface area contributed by atoms with Crippen LogP contribution in [0.3, 0.4) is 0 Å². The Bertz CT molecular complexity index is 1190. The van der Waals surface area contributed by atoms with E-state index in [1.807, 2.05) is 6.08 Å².